The van der Waals surface area contributed by atoms with Crippen LogP contribution < -0.4 is 5.01 Å². The molecule has 0 saturated carbocycles. The first kappa shape index (κ1) is 35.2. The van der Waals surface area contributed by atoms with Gasteiger partial charge >= 0.3 is 0 Å². The standard InChI is InChI=1S/C28H18Cl7N3O6S2/c29-15-3-1-14(2-4-15)24-12-19(36-38(24)23-6-5-16(30)7-20(23)33)13-37(45(41,42)25-10-17(31)8-21(34)27(25)39)46(43,44)26-11-18(32)9-22(35)28(26)40/h1-11,24,39-40H,12-13H2. The minimum atomic E-state index is -5.23. The summed E-state index contributed by atoms with van der Waals surface area (Å²) in [4.78, 5) is -1.85. The van der Waals surface area contributed by atoms with Crippen molar-refractivity contribution in [3.8, 4) is 11.5 Å². The van der Waals surface area contributed by atoms with Gasteiger partial charge in [-0.25, -0.2) is 16.8 Å². The fraction of sp³-hybridized carbons (Fsp3) is 0.107. The summed E-state index contributed by atoms with van der Waals surface area (Å²) < 4.78 is 56.8. The monoisotopic (exact) mass is 801 g/mol. The number of nitrogens with zero attached hydrogens (tertiary/aromatic N) is 3. The van der Waals surface area contributed by atoms with Crippen molar-refractivity contribution in [1.29, 1.82) is 0 Å². The SMILES string of the molecule is O=S(=O)(c1cc(Cl)cc(Cl)c1O)N(CC1=NN(c2ccc(Cl)cc2Cl)C(c2ccc(Cl)cc2)C1)S(=O)(=O)c1cc(Cl)cc(Cl)c1O. The van der Waals surface area contributed by atoms with E-state index >= 15 is 0 Å². The maximum Gasteiger partial charge on any atom is 0.260 e. The predicted octanol–water partition coefficient (Wildman–Crippen LogP) is 9.06. The molecule has 0 saturated heterocycles. The Hall–Kier alpha value is -2.16. The second-order valence-electron chi connectivity index (χ2n) is 9.79. The Balaban J connectivity index is 1.70. The minimum absolute atomic E-state index is 0.00725. The zero-order valence-electron chi connectivity index (χ0n) is 22.7. The molecule has 0 aromatic heterocycles. The molecule has 1 aliphatic rings. The molecule has 0 spiro atoms. The molecule has 46 heavy (non-hydrogen) atoms. The van der Waals surface area contributed by atoms with Gasteiger partial charge in [0.1, 0.15) is 9.79 Å². The van der Waals surface area contributed by atoms with Crippen molar-refractivity contribution in [1.82, 2.24) is 3.71 Å². The molecule has 5 rings (SSSR count). The van der Waals surface area contributed by atoms with Crippen LogP contribution in [0.1, 0.15) is 18.0 Å². The van der Waals surface area contributed by atoms with Crippen LogP contribution in [0.3, 0.4) is 0 Å². The van der Waals surface area contributed by atoms with E-state index in [2.05, 4.69) is 5.10 Å². The Labute approximate surface area is 299 Å². The van der Waals surface area contributed by atoms with Crippen LogP contribution in [0.25, 0.3) is 0 Å². The van der Waals surface area contributed by atoms with Crippen LogP contribution in [0.2, 0.25) is 35.2 Å². The molecule has 0 fully saturated rings. The van der Waals surface area contributed by atoms with Crippen molar-refractivity contribution >= 4 is 113 Å². The third kappa shape index (κ3) is 6.86. The number of halogens is 7. The van der Waals surface area contributed by atoms with Crippen LogP contribution in [-0.4, -0.2) is 43.0 Å². The lowest BCUT2D eigenvalue weighted by molar-refractivity contribution is 0.451. The molecular formula is C28H18Cl7N3O6S2. The second kappa shape index (κ2) is 13.4. The quantitative estimate of drug-likeness (QED) is 0.182. The van der Waals surface area contributed by atoms with Gasteiger partial charge in [-0.3, -0.25) is 5.01 Å². The number of hydrogen-bond donors (Lipinski definition) is 2. The van der Waals surface area contributed by atoms with Gasteiger partial charge in [-0.2, -0.15) is 5.10 Å². The smallest absolute Gasteiger partial charge is 0.260 e. The van der Waals surface area contributed by atoms with Gasteiger partial charge in [-0.05, 0) is 60.2 Å². The van der Waals surface area contributed by atoms with Crippen LogP contribution in [-0.2, 0) is 20.0 Å². The lowest BCUT2D eigenvalue weighted by atomic mass is 10.0. The highest BCUT2D eigenvalue weighted by Gasteiger charge is 2.43. The first-order valence-corrected chi connectivity index (χ1v) is 18.2. The number of sulfonamides is 2. The van der Waals surface area contributed by atoms with E-state index in [0.717, 1.165) is 24.3 Å². The number of rotatable bonds is 8. The van der Waals surface area contributed by atoms with E-state index in [9.17, 15) is 27.0 Å². The van der Waals surface area contributed by atoms with Crippen molar-refractivity contribution in [3.05, 3.63) is 107 Å². The molecule has 1 unspecified atom stereocenters. The molecule has 0 aliphatic carbocycles. The molecule has 0 radical (unpaired) electrons. The molecular weight excluding hydrogens is 787 g/mol. The summed E-state index contributed by atoms with van der Waals surface area (Å²) in [6, 6.07) is 14.6. The lowest BCUT2D eigenvalue weighted by Gasteiger charge is -2.25. The topological polar surface area (TPSA) is 128 Å². The number of phenols is 2. The number of aromatic hydroxyl groups is 2. The van der Waals surface area contributed by atoms with Crippen LogP contribution in [0.5, 0.6) is 11.5 Å². The van der Waals surface area contributed by atoms with Gasteiger partial charge < -0.3 is 10.2 Å². The van der Waals surface area contributed by atoms with E-state index in [0.29, 0.717) is 21.3 Å². The van der Waals surface area contributed by atoms with Gasteiger partial charge in [0.05, 0.1) is 39.1 Å². The van der Waals surface area contributed by atoms with Crippen LogP contribution in [0.15, 0.2) is 81.6 Å². The van der Waals surface area contributed by atoms with Crippen molar-refractivity contribution in [2.75, 3.05) is 11.6 Å². The van der Waals surface area contributed by atoms with Gasteiger partial charge in [-0.1, -0.05) is 97.0 Å². The maximum absolute atomic E-state index is 14.2. The first-order chi connectivity index (χ1) is 21.5. The second-order valence-corrected chi connectivity index (χ2v) is 16.6. The Bertz CT molecular complexity index is 2030. The number of hydrazone groups is 1. The first-order valence-electron chi connectivity index (χ1n) is 12.7. The average Bonchev–Trinajstić information content (AvgIpc) is 3.39. The summed E-state index contributed by atoms with van der Waals surface area (Å²) >= 11 is 42.8. The molecule has 0 amide bonds. The molecule has 1 atom stereocenters. The highest BCUT2D eigenvalue weighted by atomic mass is 35.5. The summed E-state index contributed by atoms with van der Waals surface area (Å²) in [5, 5.41) is 27.1. The van der Waals surface area contributed by atoms with Crippen LogP contribution in [0, 0.1) is 0 Å². The van der Waals surface area contributed by atoms with Gasteiger partial charge in [0, 0.05) is 26.5 Å². The summed E-state index contributed by atoms with van der Waals surface area (Å²) in [7, 11) is -10.5. The lowest BCUT2D eigenvalue weighted by Crippen LogP contribution is -2.40. The van der Waals surface area contributed by atoms with E-state index in [1.54, 1.807) is 36.4 Å². The molecule has 1 aliphatic heterocycles. The molecule has 242 valence electrons. The third-order valence-electron chi connectivity index (χ3n) is 6.77. The number of benzene rings is 4. The van der Waals surface area contributed by atoms with E-state index in [1.807, 2.05) is 0 Å². The molecule has 9 nitrogen and oxygen atoms in total. The molecule has 0 bridgehead atoms. The van der Waals surface area contributed by atoms with Gasteiger partial charge in [0.15, 0.2) is 11.5 Å². The number of phenolic OH excluding ortho intramolecular Hbond substituents is 2. The Morgan fingerprint density at radius 3 is 1.65 bits per heavy atom. The Kier molecular flexibility index (Phi) is 10.2. The van der Waals surface area contributed by atoms with E-state index in [4.69, 9.17) is 81.2 Å². The molecule has 4 aromatic rings. The zero-order valence-corrected chi connectivity index (χ0v) is 29.6. The fourth-order valence-corrected chi connectivity index (χ4v) is 10.3. The maximum atomic E-state index is 14.2. The highest BCUT2D eigenvalue weighted by Crippen LogP contribution is 2.43. The fourth-order valence-electron chi connectivity index (χ4n) is 4.65. The normalized spacial score (nSPS) is 15.4. The van der Waals surface area contributed by atoms with Gasteiger partial charge in [-0.15, -0.1) is 0 Å². The predicted molar refractivity (Wildman–Crippen MR) is 183 cm³/mol. The summed E-state index contributed by atoms with van der Waals surface area (Å²) in [6.45, 7) is -0.899. The highest BCUT2D eigenvalue weighted by molar-refractivity contribution is 8.04. The minimum Gasteiger partial charge on any atom is -0.505 e. The van der Waals surface area contributed by atoms with Crippen LogP contribution >= 0.6 is 81.2 Å². The molecule has 4 aromatic carbocycles. The Morgan fingerprint density at radius 1 is 0.674 bits per heavy atom. The van der Waals surface area contributed by atoms with Gasteiger partial charge in [0.25, 0.3) is 20.0 Å². The van der Waals surface area contributed by atoms with E-state index in [1.165, 1.54) is 11.1 Å². The van der Waals surface area contributed by atoms with E-state index < -0.39 is 64.0 Å². The van der Waals surface area contributed by atoms with Crippen LogP contribution in [0.4, 0.5) is 5.69 Å². The molecule has 2 N–H and O–H groups in total. The van der Waals surface area contributed by atoms with E-state index in [-0.39, 0.29) is 30.9 Å². The largest absolute Gasteiger partial charge is 0.505 e. The van der Waals surface area contributed by atoms with Crippen molar-refractivity contribution in [2.45, 2.75) is 22.3 Å². The van der Waals surface area contributed by atoms with Crippen molar-refractivity contribution in [2.24, 2.45) is 5.10 Å². The summed E-state index contributed by atoms with van der Waals surface area (Å²) in [5.74, 6) is -1.91. The summed E-state index contributed by atoms with van der Waals surface area (Å²) in [5.41, 5.74) is 1.11. The average molecular weight is 805 g/mol. The number of hydrogen-bond acceptors (Lipinski definition) is 8. The Morgan fingerprint density at radius 2 is 1.15 bits per heavy atom. The molecule has 1 heterocycles. The number of anilines is 1. The van der Waals surface area contributed by atoms with Gasteiger partial charge in [0.2, 0.25) is 0 Å². The summed E-state index contributed by atoms with van der Waals surface area (Å²) in [6.07, 6.45) is -0.00725. The third-order valence-corrected chi connectivity index (χ3v) is 12.8. The zero-order chi connectivity index (χ0) is 33.7. The van der Waals surface area contributed by atoms with Crippen molar-refractivity contribution in [3.63, 3.8) is 0 Å². The van der Waals surface area contributed by atoms with Crippen molar-refractivity contribution < 1.29 is 27.0 Å². The molecule has 18 heteroatoms.